The predicted octanol–water partition coefficient (Wildman–Crippen LogP) is 0.689. The Labute approximate surface area is 73.4 Å². The van der Waals surface area contributed by atoms with Crippen LogP contribution in [0.25, 0.3) is 0 Å². The summed E-state index contributed by atoms with van der Waals surface area (Å²) in [6.07, 6.45) is 5.62. The van der Waals surface area contributed by atoms with Crippen molar-refractivity contribution in [1.29, 1.82) is 0 Å². The maximum Gasteiger partial charge on any atom is 0.100 e. The van der Waals surface area contributed by atoms with Crippen LogP contribution in [-0.2, 0) is 4.74 Å². The van der Waals surface area contributed by atoms with Crippen molar-refractivity contribution in [2.24, 2.45) is 0 Å². The van der Waals surface area contributed by atoms with Crippen LogP contribution in [0.1, 0.15) is 32.1 Å². The van der Waals surface area contributed by atoms with Gasteiger partial charge in [0.25, 0.3) is 0 Å². The molecule has 3 heteroatoms. The first-order valence-corrected chi connectivity index (χ1v) is 4.73. The summed E-state index contributed by atoms with van der Waals surface area (Å²) >= 11 is 0. The minimum Gasteiger partial charge on any atom is -0.394 e. The lowest BCUT2D eigenvalue weighted by Gasteiger charge is -2.22. The zero-order chi connectivity index (χ0) is 8.81. The fraction of sp³-hybridized carbons (Fsp3) is 1.00. The minimum absolute atomic E-state index is 0.202. The van der Waals surface area contributed by atoms with Crippen LogP contribution in [0.2, 0.25) is 0 Å². The highest BCUT2D eigenvalue weighted by atomic mass is 16.5. The summed E-state index contributed by atoms with van der Waals surface area (Å²) in [5.74, 6) is 0. The number of aliphatic hydroxyl groups excluding tert-OH is 2. The lowest BCUT2D eigenvalue weighted by atomic mass is 9.98. The van der Waals surface area contributed by atoms with Gasteiger partial charge in [0.15, 0.2) is 0 Å². The second kappa shape index (κ2) is 5.51. The largest absolute Gasteiger partial charge is 0.394 e. The third-order valence-electron chi connectivity index (χ3n) is 2.29. The molecule has 0 amide bonds. The predicted molar refractivity (Wildman–Crippen MR) is 45.9 cm³/mol. The van der Waals surface area contributed by atoms with Crippen molar-refractivity contribution in [3.05, 3.63) is 0 Å². The van der Waals surface area contributed by atoms with Crippen molar-refractivity contribution in [2.75, 3.05) is 13.2 Å². The molecule has 0 bridgehead atoms. The molecule has 0 saturated heterocycles. The fourth-order valence-electron chi connectivity index (χ4n) is 1.53. The average molecular weight is 174 g/mol. The zero-order valence-corrected chi connectivity index (χ0v) is 7.41. The van der Waals surface area contributed by atoms with E-state index in [1.807, 2.05) is 0 Å². The third kappa shape index (κ3) is 3.52. The Morgan fingerprint density at radius 1 is 1.25 bits per heavy atom. The van der Waals surface area contributed by atoms with Gasteiger partial charge in [0.2, 0.25) is 0 Å². The number of rotatable bonds is 4. The zero-order valence-electron chi connectivity index (χ0n) is 7.41. The molecule has 0 radical (unpaired) electrons. The molecular weight excluding hydrogens is 156 g/mol. The summed E-state index contributed by atoms with van der Waals surface area (Å²) in [5.41, 5.74) is 0. The second-order valence-electron chi connectivity index (χ2n) is 3.43. The Kier molecular flexibility index (Phi) is 4.58. The highest BCUT2D eigenvalue weighted by Gasteiger charge is 2.14. The molecular formula is C9H18O3. The minimum atomic E-state index is -0.702. The maximum atomic E-state index is 9.01. The molecule has 72 valence electrons. The monoisotopic (exact) mass is 174 g/mol. The quantitative estimate of drug-likeness (QED) is 0.659. The van der Waals surface area contributed by atoms with Crippen LogP contribution >= 0.6 is 0 Å². The molecule has 2 N–H and O–H groups in total. The SMILES string of the molecule is OC[C@H](O)COC1CCCCC1. The Balaban J connectivity index is 2.05. The van der Waals surface area contributed by atoms with E-state index in [0.717, 1.165) is 12.8 Å². The number of aliphatic hydroxyl groups is 2. The third-order valence-corrected chi connectivity index (χ3v) is 2.29. The van der Waals surface area contributed by atoms with Gasteiger partial charge >= 0.3 is 0 Å². The summed E-state index contributed by atoms with van der Waals surface area (Å²) < 4.78 is 5.43. The van der Waals surface area contributed by atoms with Crippen molar-refractivity contribution in [1.82, 2.24) is 0 Å². The molecule has 1 aliphatic rings. The standard InChI is InChI=1S/C9H18O3/c10-6-8(11)7-12-9-4-2-1-3-5-9/h8-11H,1-7H2/t8-/m0/s1. The van der Waals surface area contributed by atoms with Crippen LogP contribution < -0.4 is 0 Å². The first-order chi connectivity index (χ1) is 5.83. The van der Waals surface area contributed by atoms with Crippen molar-refractivity contribution in [2.45, 2.75) is 44.3 Å². The van der Waals surface area contributed by atoms with Gasteiger partial charge in [-0.05, 0) is 12.8 Å². The molecule has 0 aliphatic heterocycles. The molecule has 0 unspecified atom stereocenters. The van der Waals surface area contributed by atoms with Crippen LogP contribution in [0.5, 0.6) is 0 Å². The van der Waals surface area contributed by atoms with Crippen molar-refractivity contribution in [3.63, 3.8) is 0 Å². The first kappa shape index (κ1) is 9.96. The molecule has 0 aromatic carbocycles. The molecule has 0 aromatic rings. The molecule has 0 spiro atoms. The normalized spacial score (nSPS) is 22.5. The smallest absolute Gasteiger partial charge is 0.100 e. The summed E-state index contributed by atoms with van der Waals surface area (Å²) in [7, 11) is 0. The molecule has 1 fully saturated rings. The van der Waals surface area contributed by atoms with E-state index in [0.29, 0.717) is 6.10 Å². The fourth-order valence-corrected chi connectivity index (χ4v) is 1.53. The number of hydrogen-bond donors (Lipinski definition) is 2. The number of ether oxygens (including phenoxy) is 1. The van der Waals surface area contributed by atoms with Gasteiger partial charge in [-0.3, -0.25) is 0 Å². The van der Waals surface area contributed by atoms with Gasteiger partial charge in [-0.15, -0.1) is 0 Å². The summed E-state index contributed by atoms with van der Waals surface area (Å²) in [5, 5.41) is 17.5. The molecule has 1 saturated carbocycles. The van der Waals surface area contributed by atoms with Crippen LogP contribution in [0.15, 0.2) is 0 Å². The molecule has 1 aliphatic carbocycles. The second-order valence-corrected chi connectivity index (χ2v) is 3.43. The van der Waals surface area contributed by atoms with Gasteiger partial charge in [0.1, 0.15) is 6.10 Å². The van der Waals surface area contributed by atoms with Crippen LogP contribution in [0, 0.1) is 0 Å². The van der Waals surface area contributed by atoms with Gasteiger partial charge in [-0.1, -0.05) is 19.3 Å². The Morgan fingerprint density at radius 3 is 2.50 bits per heavy atom. The van der Waals surface area contributed by atoms with Gasteiger partial charge in [-0.25, -0.2) is 0 Å². The average Bonchev–Trinajstić information content (AvgIpc) is 2.16. The highest BCUT2D eigenvalue weighted by molar-refractivity contribution is 4.65. The van der Waals surface area contributed by atoms with Crippen LogP contribution in [0.4, 0.5) is 0 Å². The Morgan fingerprint density at radius 2 is 1.92 bits per heavy atom. The molecule has 0 heterocycles. The summed E-state index contributed by atoms with van der Waals surface area (Å²) in [6.45, 7) is 0.0773. The van der Waals surface area contributed by atoms with E-state index in [2.05, 4.69) is 0 Å². The number of hydrogen-bond acceptors (Lipinski definition) is 3. The molecule has 1 atom stereocenters. The Bertz CT molecular complexity index is 110. The molecule has 0 aromatic heterocycles. The van der Waals surface area contributed by atoms with Gasteiger partial charge < -0.3 is 14.9 Å². The van der Waals surface area contributed by atoms with E-state index in [1.54, 1.807) is 0 Å². The van der Waals surface area contributed by atoms with Crippen LogP contribution in [0.3, 0.4) is 0 Å². The van der Waals surface area contributed by atoms with Gasteiger partial charge in [0.05, 0.1) is 19.3 Å². The molecule has 1 rings (SSSR count). The van der Waals surface area contributed by atoms with E-state index in [4.69, 9.17) is 14.9 Å². The van der Waals surface area contributed by atoms with Gasteiger partial charge in [-0.2, -0.15) is 0 Å². The van der Waals surface area contributed by atoms with Crippen molar-refractivity contribution >= 4 is 0 Å². The topological polar surface area (TPSA) is 49.7 Å². The lowest BCUT2D eigenvalue weighted by molar-refractivity contribution is -0.0396. The van der Waals surface area contributed by atoms with E-state index in [9.17, 15) is 0 Å². The lowest BCUT2D eigenvalue weighted by Crippen LogP contribution is -2.25. The Hall–Kier alpha value is -0.120. The molecule has 3 nitrogen and oxygen atoms in total. The van der Waals surface area contributed by atoms with Gasteiger partial charge in [0, 0.05) is 0 Å². The van der Waals surface area contributed by atoms with E-state index in [-0.39, 0.29) is 13.2 Å². The maximum absolute atomic E-state index is 9.01. The first-order valence-electron chi connectivity index (χ1n) is 4.73. The van der Waals surface area contributed by atoms with Crippen LogP contribution in [-0.4, -0.2) is 35.6 Å². The van der Waals surface area contributed by atoms with Crippen molar-refractivity contribution < 1.29 is 14.9 Å². The molecule has 12 heavy (non-hydrogen) atoms. The van der Waals surface area contributed by atoms with E-state index in [1.165, 1.54) is 19.3 Å². The van der Waals surface area contributed by atoms with E-state index >= 15 is 0 Å². The highest BCUT2D eigenvalue weighted by Crippen LogP contribution is 2.20. The van der Waals surface area contributed by atoms with E-state index < -0.39 is 6.10 Å². The summed E-state index contributed by atoms with van der Waals surface area (Å²) in [4.78, 5) is 0. The van der Waals surface area contributed by atoms with Crippen molar-refractivity contribution in [3.8, 4) is 0 Å². The summed E-state index contributed by atoms with van der Waals surface area (Å²) in [6, 6.07) is 0.